The van der Waals surface area contributed by atoms with Crippen molar-refractivity contribution in [3.63, 3.8) is 0 Å². The van der Waals surface area contributed by atoms with E-state index in [0.29, 0.717) is 6.04 Å². The molecule has 2 atom stereocenters. The SMILES string of the molecule is CC1CCCN(C(C)CN=C(N(C)C)N(C)C)C1. The van der Waals surface area contributed by atoms with E-state index in [-0.39, 0.29) is 0 Å². The number of aliphatic imine (C=N–C) groups is 1. The molecule has 0 amide bonds. The van der Waals surface area contributed by atoms with Crippen molar-refractivity contribution in [3.8, 4) is 0 Å². The van der Waals surface area contributed by atoms with Crippen molar-refractivity contribution in [1.29, 1.82) is 0 Å². The molecule has 0 N–H and O–H groups in total. The van der Waals surface area contributed by atoms with E-state index in [9.17, 15) is 0 Å². The number of likely N-dealkylation sites (tertiary alicyclic amines) is 1. The first-order valence-corrected chi connectivity index (χ1v) is 7.05. The summed E-state index contributed by atoms with van der Waals surface area (Å²) in [5, 5.41) is 0. The lowest BCUT2D eigenvalue weighted by Gasteiger charge is -2.35. The predicted molar refractivity (Wildman–Crippen MR) is 79.1 cm³/mol. The second-order valence-electron chi connectivity index (χ2n) is 6.02. The summed E-state index contributed by atoms with van der Waals surface area (Å²) in [6, 6.07) is 0.544. The second kappa shape index (κ2) is 6.98. The number of hydrogen-bond acceptors (Lipinski definition) is 2. The molecule has 18 heavy (non-hydrogen) atoms. The highest BCUT2D eigenvalue weighted by atomic mass is 15.3. The Morgan fingerprint density at radius 3 is 2.39 bits per heavy atom. The van der Waals surface area contributed by atoms with Crippen LogP contribution in [-0.4, -0.2) is 74.5 Å². The molecule has 0 radical (unpaired) electrons. The first kappa shape index (κ1) is 15.3. The zero-order valence-corrected chi connectivity index (χ0v) is 13.0. The van der Waals surface area contributed by atoms with Crippen LogP contribution in [0.2, 0.25) is 0 Å². The van der Waals surface area contributed by atoms with Crippen molar-refractivity contribution in [3.05, 3.63) is 0 Å². The van der Waals surface area contributed by atoms with E-state index in [2.05, 4.69) is 28.5 Å². The van der Waals surface area contributed by atoms with Gasteiger partial charge in [0, 0.05) is 40.8 Å². The van der Waals surface area contributed by atoms with Gasteiger partial charge >= 0.3 is 0 Å². The van der Waals surface area contributed by atoms with Gasteiger partial charge in [0.25, 0.3) is 0 Å². The number of hydrogen-bond donors (Lipinski definition) is 0. The Hall–Kier alpha value is -0.770. The largest absolute Gasteiger partial charge is 0.349 e. The molecule has 0 aromatic carbocycles. The molecule has 2 unspecified atom stereocenters. The van der Waals surface area contributed by atoms with Crippen LogP contribution in [0.25, 0.3) is 0 Å². The molecule has 0 aromatic rings. The van der Waals surface area contributed by atoms with Gasteiger partial charge in [0.1, 0.15) is 0 Å². The van der Waals surface area contributed by atoms with E-state index in [1.165, 1.54) is 25.9 Å². The van der Waals surface area contributed by atoms with Crippen LogP contribution in [-0.2, 0) is 0 Å². The molecule has 1 aliphatic rings. The van der Waals surface area contributed by atoms with Crippen LogP contribution in [0, 0.1) is 5.92 Å². The number of piperidine rings is 1. The quantitative estimate of drug-likeness (QED) is 0.564. The lowest BCUT2D eigenvalue weighted by molar-refractivity contribution is 0.142. The Morgan fingerprint density at radius 2 is 1.89 bits per heavy atom. The third-order valence-electron chi connectivity index (χ3n) is 3.61. The topological polar surface area (TPSA) is 22.1 Å². The zero-order chi connectivity index (χ0) is 13.7. The lowest BCUT2D eigenvalue weighted by atomic mass is 9.99. The smallest absolute Gasteiger partial charge is 0.195 e. The minimum absolute atomic E-state index is 0.544. The van der Waals surface area contributed by atoms with Gasteiger partial charge in [0.05, 0.1) is 6.54 Å². The Labute approximate surface area is 113 Å². The molecule has 0 aromatic heterocycles. The van der Waals surface area contributed by atoms with Gasteiger partial charge in [-0.15, -0.1) is 0 Å². The van der Waals surface area contributed by atoms with Gasteiger partial charge in [-0.1, -0.05) is 6.92 Å². The monoisotopic (exact) mass is 254 g/mol. The molecule has 106 valence electrons. The van der Waals surface area contributed by atoms with E-state index < -0.39 is 0 Å². The fourth-order valence-electron chi connectivity index (χ4n) is 2.64. The average molecular weight is 254 g/mol. The van der Waals surface area contributed by atoms with Crippen LogP contribution in [0.15, 0.2) is 4.99 Å². The average Bonchev–Trinajstić information content (AvgIpc) is 2.28. The van der Waals surface area contributed by atoms with Crippen LogP contribution < -0.4 is 0 Å². The number of rotatable bonds is 3. The van der Waals surface area contributed by atoms with E-state index in [4.69, 9.17) is 4.99 Å². The normalized spacial score (nSPS) is 22.4. The predicted octanol–water partition coefficient (Wildman–Crippen LogP) is 1.59. The lowest BCUT2D eigenvalue weighted by Crippen LogP contribution is -2.43. The summed E-state index contributed by atoms with van der Waals surface area (Å²) < 4.78 is 0. The van der Waals surface area contributed by atoms with Gasteiger partial charge in [-0.2, -0.15) is 0 Å². The number of guanidine groups is 1. The van der Waals surface area contributed by atoms with Gasteiger partial charge in [0.2, 0.25) is 0 Å². The first-order chi connectivity index (χ1) is 8.41. The summed E-state index contributed by atoms with van der Waals surface area (Å²) in [6.07, 6.45) is 2.72. The number of nitrogens with zero attached hydrogens (tertiary/aromatic N) is 4. The summed E-state index contributed by atoms with van der Waals surface area (Å²) in [7, 11) is 8.19. The fraction of sp³-hybridized carbons (Fsp3) is 0.929. The van der Waals surface area contributed by atoms with Crippen molar-refractivity contribution in [1.82, 2.24) is 14.7 Å². The molecule has 1 fully saturated rings. The first-order valence-electron chi connectivity index (χ1n) is 7.05. The molecule has 1 aliphatic heterocycles. The molecule has 0 aliphatic carbocycles. The van der Waals surface area contributed by atoms with E-state index in [1.54, 1.807) is 0 Å². The summed E-state index contributed by atoms with van der Waals surface area (Å²) in [6.45, 7) is 8.01. The van der Waals surface area contributed by atoms with Crippen LogP contribution in [0.4, 0.5) is 0 Å². The van der Waals surface area contributed by atoms with Crippen LogP contribution in [0.5, 0.6) is 0 Å². The molecular weight excluding hydrogens is 224 g/mol. The molecule has 1 rings (SSSR count). The summed E-state index contributed by atoms with van der Waals surface area (Å²) in [4.78, 5) is 11.5. The standard InChI is InChI=1S/C14H30N4/c1-12-8-7-9-18(11-12)13(2)10-15-14(16(3)4)17(5)6/h12-13H,7-11H2,1-6H3. The van der Waals surface area contributed by atoms with Crippen LogP contribution >= 0.6 is 0 Å². The highest BCUT2D eigenvalue weighted by Crippen LogP contribution is 2.17. The molecule has 4 nitrogen and oxygen atoms in total. The Kier molecular flexibility index (Phi) is 5.93. The van der Waals surface area contributed by atoms with Gasteiger partial charge in [-0.25, -0.2) is 0 Å². The summed E-state index contributed by atoms with van der Waals surface area (Å²) >= 11 is 0. The van der Waals surface area contributed by atoms with Gasteiger partial charge < -0.3 is 9.80 Å². The molecule has 1 heterocycles. The van der Waals surface area contributed by atoms with Crippen molar-refractivity contribution >= 4 is 5.96 Å². The third-order valence-corrected chi connectivity index (χ3v) is 3.61. The highest BCUT2D eigenvalue weighted by molar-refractivity contribution is 5.79. The third kappa shape index (κ3) is 4.48. The maximum atomic E-state index is 4.75. The maximum Gasteiger partial charge on any atom is 0.195 e. The second-order valence-corrected chi connectivity index (χ2v) is 6.02. The van der Waals surface area contributed by atoms with Crippen molar-refractivity contribution < 1.29 is 0 Å². The highest BCUT2D eigenvalue weighted by Gasteiger charge is 2.20. The molecular formula is C14H30N4. The maximum absolute atomic E-state index is 4.75. The van der Waals surface area contributed by atoms with Crippen molar-refractivity contribution in [2.24, 2.45) is 10.9 Å². The fourth-order valence-corrected chi connectivity index (χ4v) is 2.64. The summed E-state index contributed by atoms with van der Waals surface area (Å²) in [5.74, 6) is 1.89. The zero-order valence-electron chi connectivity index (χ0n) is 13.0. The van der Waals surface area contributed by atoms with Gasteiger partial charge in [0.15, 0.2) is 5.96 Å². The minimum Gasteiger partial charge on any atom is -0.349 e. The van der Waals surface area contributed by atoms with Crippen LogP contribution in [0.3, 0.4) is 0 Å². The minimum atomic E-state index is 0.544. The molecule has 0 bridgehead atoms. The Morgan fingerprint density at radius 1 is 1.28 bits per heavy atom. The van der Waals surface area contributed by atoms with Crippen molar-refractivity contribution in [2.45, 2.75) is 32.7 Å². The molecule has 4 heteroatoms. The Bertz CT molecular complexity index is 263. The van der Waals surface area contributed by atoms with E-state index >= 15 is 0 Å². The summed E-state index contributed by atoms with van der Waals surface area (Å²) in [5.41, 5.74) is 0. The van der Waals surface area contributed by atoms with Gasteiger partial charge in [-0.05, 0) is 32.2 Å². The van der Waals surface area contributed by atoms with E-state index in [0.717, 1.165) is 18.4 Å². The van der Waals surface area contributed by atoms with Gasteiger partial charge in [-0.3, -0.25) is 9.89 Å². The van der Waals surface area contributed by atoms with Crippen LogP contribution in [0.1, 0.15) is 26.7 Å². The van der Waals surface area contributed by atoms with E-state index in [1.807, 2.05) is 28.2 Å². The molecule has 0 spiro atoms. The molecule has 0 saturated carbocycles. The molecule has 1 saturated heterocycles. The Balaban J connectivity index is 2.52. The van der Waals surface area contributed by atoms with Crippen molar-refractivity contribution in [2.75, 3.05) is 47.8 Å².